The van der Waals surface area contributed by atoms with Crippen molar-refractivity contribution in [3.8, 4) is 0 Å². The molecular formula is C6Cl6Zn. The molecule has 1 aromatic carbocycles. The zero-order valence-electron chi connectivity index (χ0n) is 5.97. The van der Waals surface area contributed by atoms with Crippen molar-refractivity contribution in [1.82, 2.24) is 0 Å². The van der Waals surface area contributed by atoms with E-state index in [0.717, 1.165) is 17.3 Å². The van der Waals surface area contributed by atoms with Crippen LogP contribution >= 0.6 is 67.7 Å². The second-order valence-corrected chi connectivity index (χ2v) is 3.58. The van der Waals surface area contributed by atoms with Crippen LogP contribution in [-0.2, 0) is 17.3 Å². The van der Waals surface area contributed by atoms with Crippen LogP contribution in [0.5, 0.6) is 0 Å². The predicted molar refractivity (Wildman–Crippen MR) is 56.2 cm³/mol. The molecule has 13 heavy (non-hydrogen) atoms. The molecule has 0 nitrogen and oxygen atoms in total. The topological polar surface area (TPSA) is 0 Å². The Morgan fingerprint density at radius 1 is 0.692 bits per heavy atom. The predicted octanol–water partition coefficient (Wildman–Crippen LogP) is 5.44. The van der Waals surface area contributed by atoms with Gasteiger partial charge in [0.2, 0.25) is 0 Å². The van der Waals surface area contributed by atoms with Crippen molar-refractivity contribution in [3.05, 3.63) is 31.2 Å². The number of rotatable bonds is 0. The van der Waals surface area contributed by atoms with Gasteiger partial charge in [0.15, 0.2) is 0 Å². The molecule has 0 N–H and O–H groups in total. The van der Waals surface area contributed by atoms with Crippen molar-refractivity contribution in [2.45, 2.75) is 0 Å². The fourth-order valence-electron chi connectivity index (χ4n) is 0.495. The van der Waals surface area contributed by atoms with E-state index in [9.17, 15) is 0 Å². The Kier molecular flexibility index (Phi) is 7.80. The molecule has 0 aliphatic rings. The van der Waals surface area contributed by atoms with Gasteiger partial charge in [0, 0.05) is 0 Å². The molecule has 68 valence electrons. The molecule has 0 radical (unpaired) electrons. The molecule has 0 aromatic heterocycles. The Bertz CT molecular complexity index is 273. The molecule has 0 aliphatic heterocycles. The van der Waals surface area contributed by atoms with E-state index < -0.39 is 0 Å². The SMILES string of the molecule is Clc1[c-]c(Cl)c(Cl)c(Cl)c1Cl.[Cl][Zn+]. The molecule has 0 fully saturated rings. The van der Waals surface area contributed by atoms with E-state index in [2.05, 4.69) is 6.07 Å². The maximum atomic E-state index is 5.64. The van der Waals surface area contributed by atoms with Crippen LogP contribution in [-0.4, -0.2) is 0 Å². The van der Waals surface area contributed by atoms with Crippen LogP contribution < -0.4 is 0 Å². The standard InChI is InChI=1S/C6Cl5.ClH.Zn/c7-2-1-3(8)5(10)6(11)4(2)9;;/h;1H;/q-1;;+2/p-1. The molecule has 0 unspecified atom stereocenters. The first-order valence-corrected chi connectivity index (χ1v) is 8.50. The van der Waals surface area contributed by atoms with Gasteiger partial charge in [0.25, 0.3) is 0 Å². The Morgan fingerprint density at radius 2 is 1.00 bits per heavy atom. The molecule has 1 rings (SSSR count). The first kappa shape index (κ1) is 14.6. The zero-order valence-corrected chi connectivity index (χ0v) is 13.5. The molecule has 0 atom stereocenters. The van der Waals surface area contributed by atoms with Crippen molar-refractivity contribution in [1.29, 1.82) is 0 Å². The molecule has 7 heteroatoms. The Labute approximate surface area is 115 Å². The third-order valence-corrected chi connectivity index (χ3v) is 3.08. The van der Waals surface area contributed by atoms with Crippen molar-refractivity contribution in [2.24, 2.45) is 0 Å². The number of halogens is 6. The van der Waals surface area contributed by atoms with Gasteiger partial charge in [-0.05, 0) is 15.1 Å². The van der Waals surface area contributed by atoms with E-state index >= 15 is 0 Å². The second-order valence-electron chi connectivity index (χ2n) is 1.69. The van der Waals surface area contributed by atoms with Gasteiger partial charge in [0.05, 0.1) is 0 Å². The molecule has 1 aromatic rings. The van der Waals surface area contributed by atoms with Crippen molar-refractivity contribution >= 4 is 67.7 Å². The van der Waals surface area contributed by atoms with E-state index in [1.54, 1.807) is 0 Å². The van der Waals surface area contributed by atoms with Crippen LogP contribution in [0.1, 0.15) is 0 Å². The van der Waals surface area contributed by atoms with Crippen LogP contribution in [0, 0.1) is 6.07 Å². The number of hydrogen-bond acceptors (Lipinski definition) is 0. The third kappa shape index (κ3) is 3.91. The second kappa shape index (κ2) is 6.96. The van der Waals surface area contributed by atoms with Crippen LogP contribution in [0.2, 0.25) is 25.1 Å². The van der Waals surface area contributed by atoms with Crippen molar-refractivity contribution in [3.63, 3.8) is 0 Å². The van der Waals surface area contributed by atoms with Gasteiger partial charge in [-0.3, -0.25) is 0 Å². The minimum atomic E-state index is 0.155. The van der Waals surface area contributed by atoms with Crippen LogP contribution in [0.3, 0.4) is 0 Å². The zero-order chi connectivity index (χ0) is 10.6. The third-order valence-electron chi connectivity index (χ3n) is 0.990. The average Bonchev–Trinajstić information content (AvgIpc) is 2.15. The van der Waals surface area contributed by atoms with Crippen LogP contribution in [0.15, 0.2) is 0 Å². The average molecular weight is 350 g/mol. The van der Waals surface area contributed by atoms with Crippen LogP contribution in [0.25, 0.3) is 0 Å². The minimum absolute atomic E-state index is 0.155. The molecule has 0 saturated carbocycles. The number of hydrogen-bond donors (Lipinski definition) is 0. The molecule has 0 bridgehead atoms. The first-order valence-electron chi connectivity index (χ1n) is 2.71. The summed E-state index contributed by atoms with van der Waals surface area (Å²) in [7, 11) is 4.76. The molecule has 0 amide bonds. The van der Waals surface area contributed by atoms with E-state index in [4.69, 9.17) is 67.7 Å². The summed E-state index contributed by atoms with van der Waals surface area (Å²) in [4.78, 5) is 0. The Morgan fingerprint density at radius 3 is 1.31 bits per heavy atom. The van der Waals surface area contributed by atoms with Crippen LogP contribution in [0.4, 0.5) is 0 Å². The maximum absolute atomic E-state index is 5.64. The summed E-state index contributed by atoms with van der Waals surface area (Å²) in [6.45, 7) is 0. The van der Waals surface area contributed by atoms with Gasteiger partial charge in [-0.15, -0.1) is 40.9 Å². The van der Waals surface area contributed by atoms with Gasteiger partial charge < -0.3 is 0 Å². The molecular weight excluding hydrogens is 350 g/mol. The summed E-state index contributed by atoms with van der Waals surface area (Å²) >= 11 is 28.9. The van der Waals surface area contributed by atoms with Gasteiger partial charge in [-0.1, -0.05) is 10.0 Å². The van der Waals surface area contributed by atoms with E-state index in [-0.39, 0.29) is 25.1 Å². The molecule has 0 aliphatic carbocycles. The summed E-state index contributed by atoms with van der Waals surface area (Å²) in [5, 5.41) is 0.838. The summed E-state index contributed by atoms with van der Waals surface area (Å²) in [5.41, 5.74) is 0. The van der Waals surface area contributed by atoms with Gasteiger partial charge in [0.1, 0.15) is 0 Å². The van der Waals surface area contributed by atoms with E-state index in [0.29, 0.717) is 0 Å². The van der Waals surface area contributed by atoms with Crippen molar-refractivity contribution in [2.75, 3.05) is 0 Å². The quantitative estimate of drug-likeness (QED) is 0.253. The summed E-state index contributed by atoms with van der Waals surface area (Å²) < 4.78 is 0. The van der Waals surface area contributed by atoms with Crippen molar-refractivity contribution < 1.29 is 17.3 Å². The Hall–Kier alpha value is 1.58. The van der Waals surface area contributed by atoms with Gasteiger partial charge >= 0.3 is 27.0 Å². The normalized spacial score (nSPS) is 9.23. The van der Waals surface area contributed by atoms with E-state index in [1.165, 1.54) is 0 Å². The first-order chi connectivity index (χ1) is 6.04. The molecule has 0 spiro atoms. The van der Waals surface area contributed by atoms with Gasteiger partial charge in [-0.25, -0.2) is 0 Å². The Balaban J connectivity index is 0.000000671. The van der Waals surface area contributed by atoms with E-state index in [1.807, 2.05) is 0 Å². The summed E-state index contributed by atoms with van der Waals surface area (Å²) in [6, 6.07) is 2.53. The number of benzene rings is 1. The molecule has 0 heterocycles. The summed E-state index contributed by atoms with van der Waals surface area (Å²) in [5.74, 6) is 0. The summed E-state index contributed by atoms with van der Waals surface area (Å²) in [6.07, 6.45) is 0. The monoisotopic (exact) mass is 346 g/mol. The fourth-order valence-corrected chi connectivity index (χ4v) is 1.54. The van der Waals surface area contributed by atoms with Gasteiger partial charge in [-0.2, -0.15) is 23.2 Å². The molecule has 0 saturated heterocycles. The fraction of sp³-hybridized carbons (Fsp3) is 0.